The summed E-state index contributed by atoms with van der Waals surface area (Å²) in [6, 6.07) is 42.6. The fourth-order valence-electron chi connectivity index (χ4n) is 11.7. The van der Waals surface area contributed by atoms with Crippen LogP contribution >= 0.6 is 15.9 Å². The molecule has 1 radical (unpaired) electrons. The number of aromatic nitrogens is 10. The van der Waals surface area contributed by atoms with E-state index >= 15 is 0 Å². The van der Waals surface area contributed by atoms with Gasteiger partial charge < -0.3 is 23.7 Å². The molecule has 8 atom stereocenters. The largest absolute Gasteiger partial charge is 0.487 e. The van der Waals surface area contributed by atoms with E-state index in [1.807, 2.05) is 18.7 Å². The van der Waals surface area contributed by atoms with Crippen LogP contribution in [-0.2, 0) is 20.1 Å². The first-order valence-corrected chi connectivity index (χ1v) is 35.7. The van der Waals surface area contributed by atoms with E-state index in [-0.39, 0.29) is 121 Å². The number of nitrogens with zero attached hydrogens (tertiary/aromatic N) is 13. The summed E-state index contributed by atoms with van der Waals surface area (Å²) >= 11 is 3.12. The third-order valence-corrected chi connectivity index (χ3v) is 17.6. The van der Waals surface area contributed by atoms with Crippen LogP contribution in [0.1, 0.15) is 307 Å². The van der Waals surface area contributed by atoms with Gasteiger partial charge in [-0.2, -0.15) is 6.07 Å². The summed E-state index contributed by atoms with van der Waals surface area (Å²) in [6.45, 7) is 16.9. The average molecular weight is 1800 g/mol. The molecule has 2 N–H and O–H groups in total. The number of hydrogen-bond donors (Lipinski definition) is 2. The maximum Gasteiger partial charge on any atom is 0.487 e. The fourth-order valence-corrected chi connectivity index (χ4v) is 12.1. The summed E-state index contributed by atoms with van der Waals surface area (Å²) in [5, 5.41) is 17.4. The van der Waals surface area contributed by atoms with Gasteiger partial charge in [0.05, 0.1) is 71.9 Å². The number of rotatable bonds is 18. The number of halogens is 1. The van der Waals surface area contributed by atoms with Crippen molar-refractivity contribution in [2.75, 3.05) is 0 Å². The molecule has 0 aliphatic heterocycles. The van der Waals surface area contributed by atoms with Crippen LogP contribution in [0.3, 0.4) is 0 Å². The van der Waals surface area contributed by atoms with Gasteiger partial charge in [-0.1, -0.05) is 271 Å². The van der Waals surface area contributed by atoms with Gasteiger partial charge in [-0.15, -0.1) is 23.8 Å². The molecular formula is C96H110BBrIrN13O2-. The van der Waals surface area contributed by atoms with Gasteiger partial charge in [-0.3, -0.25) is 19.0 Å². The van der Waals surface area contributed by atoms with Crippen LogP contribution in [0.4, 0.5) is 17.1 Å². The standard InChI is InChI=1S/C22H23N3.C22H22N3.C15H19BrN2.2C15H20N2.C7H6BNO2.Ir/c2*1-15(2)19-10-7-11-20(16(3)4)21(19)25-13-12-24-22(25)17-8-6-9-18(14-17)23-5;1-10(2)12-6-5-7-13(11(3)4)14(12)18-9-8-17-15(18)16;2*1-11(2)13-6-5-7-14(12(3)4)15(13)17-9-8-16-10-17;1-9-7-4-2-3-6(5-7)8(10)11;/h6-16H,1-4H3;6-7,9-16H,1-4H3;5-11H,1-4H3;2*5-12H,1-4H3;2-5,10-11H;/q;-1;;;;;/i2*1D3,3D3,12D,13D,15D,16D;1D3,3D3,8D,9D,10D,11D;1D3,3D3,8D,9D,11D,12D;;;. The Morgan fingerprint density at radius 1 is 0.421 bits per heavy atom. The molecule has 15 nitrogen and oxygen atoms in total. The predicted molar refractivity (Wildman–Crippen MR) is 471 cm³/mol. The minimum absolute atomic E-state index is 0. The van der Waals surface area contributed by atoms with Crippen LogP contribution < -0.4 is 5.46 Å². The molecule has 0 bridgehead atoms. The molecule has 13 aromatic rings. The van der Waals surface area contributed by atoms with E-state index in [0.29, 0.717) is 28.5 Å². The molecule has 0 saturated carbocycles. The summed E-state index contributed by atoms with van der Waals surface area (Å²) in [4.78, 5) is 29.8. The first kappa shape index (κ1) is 48.6. The van der Waals surface area contributed by atoms with Crippen LogP contribution in [0.5, 0.6) is 0 Å². The monoisotopic (exact) mass is 1800 g/mol. The van der Waals surface area contributed by atoms with E-state index in [0.717, 1.165) is 66.1 Å². The molecule has 13 rings (SSSR count). The average Bonchev–Trinajstić information content (AvgIpc) is 1.61. The van der Waals surface area contributed by atoms with E-state index in [1.54, 1.807) is 36.4 Å². The summed E-state index contributed by atoms with van der Waals surface area (Å²) in [7, 11) is -1.49. The number of benzene rings is 8. The Kier molecular flexibility index (Phi) is 18.3. The Morgan fingerprint density at radius 3 is 1.18 bits per heavy atom. The van der Waals surface area contributed by atoms with Crippen LogP contribution in [0.15, 0.2) is 237 Å². The molecule has 0 fully saturated rings. The van der Waals surface area contributed by atoms with E-state index in [9.17, 15) is 0 Å². The van der Waals surface area contributed by atoms with Crippen LogP contribution in [0.25, 0.3) is 65.7 Å². The third-order valence-electron chi connectivity index (χ3n) is 17.1. The summed E-state index contributed by atoms with van der Waals surface area (Å²) in [6.07, 6.45) is 3.24. The number of hydrogen-bond acceptors (Lipinski definition) is 7. The van der Waals surface area contributed by atoms with Crippen molar-refractivity contribution >= 4 is 45.6 Å². The number of imidazole rings is 5. The molecule has 5 heterocycles. The summed E-state index contributed by atoms with van der Waals surface area (Å²) in [5.74, 6) is -16.8. The second-order valence-electron chi connectivity index (χ2n) is 26.0. The van der Waals surface area contributed by atoms with Crippen molar-refractivity contribution in [3.05, 3.63) is 333 Å². The van der Waals surface area contributed by atoms with Crippen molar-refractivity contribution in [3.8, 4) is 51.2 Å². The first-order valence-electron chi connectivity index (χ1n) is 55.0. The molecule has 591 valence electrons. The van der Waals surface area contributed by atoms with Crippen LogP contribution in [0, 0.1) is 25.8 Å². The summed E-state index contributed by atoms with van der Waals surface area (Å²) < 4.78 is 329. The normalized spacial score (nSPS) is 21.0. The SMILES string of the molecule is CC(C)c1cccc(C(C)C)c1-n1ccnc1.[2H]c1nc(-c2[c-]ccc([N+]#[C-])c2)n(-c2c(C([2H])(C)C([2H])([2H])[2H])cccc2C([2H])(C)C([2H])([2H])[2H])c1[2H].[2H]c1nc(-c2cccc([N+]#[C-])c2)n(-c2c(C([2H])(C)C([2H])([2H])[2H])cccc2C([2H])(C)C([2H])([2H])[2H])c1[2H].[2H]c1nc(Br)n(-c2c(C([2H])(C)C([2H])([2H])[2H])cccc2C([2H])(C)C([2H])([2H])[2H])c1[2H].[2H]c1ncn(-c2c(C([2H])(C)C([2H])([2H])[2H])cccc2C([2H])(C)C([2H])([2H])[2H])c1[2H].[C-]#[N+]c1cccc(B(O)O)c1.[Ir]. The predicted octanol–water partition coefficient (Wildman–Crippen LogP) is 25.5. The van der Waals surface area contributed by atoms with Gasteiger partial charge in [0.2, 0.25) is 0 Å². The van der Waals surface area contributed by atoms with Gasteiger partial charge >= 0.3 is 7.12 Å². The molecule has 8 unspecified atom stereocenters. The summed E-state index contributed by atoms with van der Waals surface area (Å²) in [5.41, 5.74) is 4.30. The van der Waals surface area contributed by atoms with Crippen molar-refractivity contribution < 1.29 is 85.0 Å². The fraction of sp³-hybridized carbons (Fsp3) is 0.312. The van der Waals surface area contributed by atoms with E-state index in [4.69, 9.17) is 84.6 Å². The molecule has 0 aliphatic carbocycles. The van der Waals surface area contributed by atoms with E-state index < -0.39 is 158 Å². The van der Waals surface area contributed by atoms with Gasteiger partial charge in [0, 0.05) is 137 Å². The Morgan fingerprint density at radius 2 is 0.789 bits per heavy atom. The van der Waals surface area contributed by atoms with Gasteiger partial charge in [0.25, 0.3) is 0 Å². The topological polar surface area (TPSA) is 143 Å². The quantitative estimate of drug-likeness (QED) is 0.0643. The molecule has 0 aliphatic rings. The van der Waals surface area contributed by atoms with Crippen molar-refractivity contribution in [2.45, 2.75) is 197 Å². The smallest absolute Gasteiger partial charge is 0.423 e. The van der Waals surface area contributed by atoms with Gasteiger partial charge in [0.1, 0.15) is 11.5 Å². The zero-order valence-corrected chi connectivity index (χ0v) is 68.5. The van der Waals surface area contributed by atoms with Gasteiger partial charge in [-0.05, 0) is 142 Å². The third kappa shape index (κ3) is 22.9. The first-order chi connectivity index (χ1) is 69.7. The zero-order valence-electron chi connectivity index (χ0n) is 104. The molecule has 0 saturated heterocycles. The van der Waals surface area contributed by atoms with Crippen molar-refractivity contribution in [2.24, 2.45) is 0 Å². The number of para-hydroxylation sites is 5. The maximum atomic E-state index is 8.74. The van der Waals surface area contributed by atoms with E-state index in [1.165, 1.54) is 134 Å². The molecule has 114 heavy (non-hydrogen) atoms. The minimum Gasteiger partial charge on any atom is -0.423 e. The van der Waals surface area contributed by atoms with Crippen LogP contribution in [-0.4, -0.2) is 64.9 Å². The van der Waals surface area contributed by atoms with Crippen LogP contribution in [0.2, 0.25) is 0 Å². The van der Waals surface area contributed by atoms with Gasteiger partial charge in [-0.25, -0.2) is 29.6 Å². The van der Waals surface area contributed by atoms with Crippen molar-refractivity contribution in [1.29, 1.82) is 0 Å². The maximum absolute atomic E-state index is 8.74. The molecule has 0 amide bonds. The van der Waals surface area contributed by atoms with Crippen molar-refractivity contribution in [3.63, 3.8) is 0 Å². The minimum atomic E-state index is -2.86. The molecule has 0 spiro atoms. The molecule has 8 aromatic carbocycles. The van der Waals surface area contributed by atoms with Gasteiger partial charge in [0.15, 0.2) is 16.1 Å². The zero-order chi connectivity index (χ0) is 117. The van der Waals surface area contributed by atoms with Crippen molar-refractivity contribution in [1.82, 2.24) is 47.8 Å². The Bertz CT molecular complexity index is 6880. The Balaban J connectivity index is 0.000000256. The second-order valence-corrected chi connectivity index (χ2v) is 26.7. The Hall–Kier alpha value is -10.6. The van der Waals surface area contributed by atoms with E-state index in [2.05, 4.69) is 112 Å². The second kappa shape index (κ2) is 43.0. The Labute approximate surface area is 756 Å². The molecule has 18 heteroatoms. The molecule has 5 aromatic heterocycles. The molecular weight excluding hydrogens is 1650 g/mol.